The van der Waals surface area contributed by atoms with Crippen molar-refractivity contribution in [2.75, 3.05) is 35.6 Å². The molecule has 0 aliphatic carbocycles. The third-order valence-corrected chi connectivity index (χ3v) is 6.32. The number of fused-ring (bicyclic) bond motifs is 1. The van der Waals surface area contributed by atoms with Gasteiger partial charge in [0.25, 0.3) is 5.91 Å². The number of aryl methyl sites for hydroxylation is 2. The molecule has 1 saturated heterocycles. The number of likely N-dealkylation sites (tertiary alicyclic amines) is 1. The second-order valence-corrected chi connectivity index (χ2v) is 8.68. The van der Waals surface area contributed by atoms with E-state index in [1.807, 2.05) is 24.8 Å². The molecule has 7 heteroatoms. The second kappa shape index (κ2) is 8.45. The topological polar surface area (TPSA) is 65.5 Å². The molecule has 3 heterocycles. The summed E-state index contributed by atoms with van der Waals surface area (Å²) in [5.74, 6) is 0.890. The fourth-order valence-corrected chi connectivity index (χ4v) is 5.02. The van der Waals surface area contributed by atoms with Crippen molar-refractivity contribution in [3.8, 4) is 0 Å². The Bertz CT molecular complexity index is 923. The molecule has 2 aromatic rings. The van der Waals surface area contributed by atoms with Crippen LogP contribution in [0.15, 0.2) is 35.4 Å². The first-order chi connectivity index (χ1) is 14.0. The highest BCUT2D eigenvalue weighted by Crippen LogP contribution is 2.36. The molecule has 0 atom stereocenters. The lowest BCUT2D eigenvalue weighted by Gasteiger charge is -2.30. The molecule has 6 nitrogen and oxygen atoms in total. The number of carbonyl (C=O) groups excluding carboxylic acids is 2. The van der Waals surface area contributed by atoms with Crippen LogP contribution in [0.3, 0.4) is 0 Å². The third-order valence-electron chi connectivity index (χ3n) is 5.37. The maximum absolute atomic E-state index is 12.9. The van der Waals surface area contributed by atoms with Crippen LogP contribution in [0.25, 0.3) is 0 Å². The van der Waals surface area contributed by atoms with Crippen LogP contribution in [0.4, 0.5) is 16.2 Å². The van der Waals surface area contributed by atoms with Gasteiger partial charge in [0.1, 0.15) is 5.03 Å². The van der Waals surface area contributed by atoms with Gasteiger partial charge in [-0.1, -0.05) is 0 Å². The first-order valence-corrected chi connectivity index (χ1v) is 11.1. The van der Waals surface area contributed by atoms with Gasteiger partial charge in [-0.15, -0.1) is 11.8 Å². The molecule has 0 radical (unpaired) electrons. The first kappa shape index (κ1) is 19.8. The number of rotatable bonds is 2. The number of pyridine rings is 1. The van der Waals surface area contributed by atoms with Crippen molar-refractivity contribution in [3.63, 3.8) is 0 Å². The van der Waals surface area contributed by atoms with Crippen LogP contribution in [-0.2, 0) is 0 Å². The van der Waals surface area contributed by atoms with Crippen molar-refractivity contribution < 1.29 is 9.59 Å². The van der Waals surface area contributed by atoms with E-state index in [0.29, 0.717) is 17.8 Å². The molecule has 1 N–H and O–H groups in total. The number of amides is 3. The van der Waals surface area contributed by atoms with Crippen LogP contribution in [0.5, 0.6) is 0 Å². The molecule has 0 saturated carbocycles. The van der Waals surface area contributed by atoms with Crippen molar-refractivity contribution in [2.24, 2.45) is 0 Å². The number of piperidine rings is 1. The molecule has 4 rings (SSSR count). The Labute approximate surface area is 175 Å². The minimum atomic E-state index is -0.171. The molecular formula is C22H26N4O2S. The number of nitrogens with one attached hydrogen (secondary N) is 1. The molecule has 1 fully saturated rings. The Morgan fingerprint density at radius 1 is 1.03 bits per heavy atom. The van der Waals surface area contributed by atoms with E-state index in [2.05, 4.69) is 10.3 Å². The predicted molar refractivity (Wildman–Crippen MR) is 117 cm³/mol. The summed E-state index contributed by atoms with van der Waals surface area (Å²) < 4.78 is 0. The Morgan fingerprint density at radius 3 is 2.48 bits per heavy atom. The van der Waals surface area contributed by atoms with Gasteiger partial charge in [-0.3, -0.25) is 9.69 Å². The number of benzene rings is 1. The largest absolute Gasteiger partial charge is 0.339 e. The summed E-state index contributed by atoms with van der Waals surface area (Å²) in [6.07, 6.45) is 3.34. The van der Waals surface area contributed by atoms with Gasteiger partial charge in [-0.05, 0) is 69.0 Å². The van der Waals surface area contributed by atoms with Gasteiger partial charge >= 0.3 is 6.03 Å². The molecule has 2 aliphatic heterocycles. The van der Waals surface area contributed by atoms with E-state index in [4.69, 9.17) is 0 Å². The molecular weight excluding hydrogens is 384 g/mol. The van der Waals surface area contributed by atoms with E-state index in [1.165, 1.54) is 6.42 Å². The zero-order valence-corrected chi connectivity index (χ0v) is 17.7. The highest BCUT2D eigenvalue weighted by atomic mass is 32.2. The van der Waals surface area contributed by atoms with E-state index in [9.17, 15) is 9.59 Å². The number of carbonyl (C=O) groups is 2. The van der Waals surface area contributed by atoms with Gasteiger partial charge in [-0.25, -0.2) is 9.78 Å². The molecule has 1 aromatic heterocycles. The average molecular weight is 411 g/mol. The van der Waals surface area contributed by atoms with Crippen molar-refractivity contribution >= 4 is 35.1 Å². The zero-order chi connectivity index (χ0) is 20.4. The van der Waals surface area contributed by atoms with E-state index in [1.54, 1.807) is 40.9 Å². The summed E-state index contributed by atoms with van der Waals surface area (Å²) in [6.45, 7) is 6.29. The van der Waals surface area contributed by atoms with E-state index in [0.717, 1.165) is 53.7 Å². The molecule has 0 spiro atoms. The first-order valence-electron chi connectivity index (χ1n) is 10.1. The van der Waals surface area contributed by atoms with Gasteiger partial charge in [-0.2, -0.15) is 0 Å². The minimum absolute atomic E-state index is 0.0710. The fraction of sp³-hybridized carbons (Fsp3) is 0.409. The summed E-state index contributed by atoms with van der Waals surface area (Å²) in [6, 6.07) is 9.02. The van der Waals surface area contributed by atoms with Crippen molar-refractivity contribution in [1.82, 2.24) is 9.88 Å². The van der Waals surface area contributed by atoms with Crippen LogP contribution in [-0.4, -0.2) is 47.2 Å². The number of urea groups is 1. The highest BCUT2D eigenvalue weighted by Gasteiger charge is 2.26. The van der Waals surface area contributed by atoms with Gasteiger partial charge in [0.2, 0.25) is 0 Å². The number of nitrogens with zero attached hydrogens (tertiary/aromatic N) is 3. The Morgan fingerprint density at radius 2 is 1.76 bits per heavy atom. The normalized spacial score (nSPS) is 16.3. The second-order valence-electron chi connectivity index (χ2n) is 7.59. The highest BCUT2D eigenvalue weighted by molar-refractivity contribution is 7.99. The molecule has 2 aliphatic rings. The smallest absolute Gasteiger partial charge is 0.326 e. The maximum Gasteiger partial charge on any atom is 0.326 e. The van der Waals surface area contributed by atoms with Crippen molar-refractivity contribution in [1.29, 1.82) is 0 Å². The summed E-state index contributed by atoms with van der Waals surface area (Å²) in [5.41, 5.74) is 4.26. The van der Waals surface area contributed by atoms with Gasteiger partial charge in [0.05, 0.1) is 5.69 Å². The lowest BCUT2D eigenvalue weighted by molar-refractivity contribution is 0.0724. The van der Waals surface area contributed by atoms with E-state index >= 15 is 0 Å². The average Bonchev–Trinajstić information content (AvgIpc) is 2.73. The van der Waals surface area contributed by atoms with Crippen LogP contribution < -0.4 is 10.2 Å². The minimum Gasteiger partial charge on any atom is -0.339 e. The lowest BCUT2D eigenvalue weighted by atomic mass is 10.1. The SMILES string of the molecule is Cc1cc(C)c2c(n1)SCCN2C(=O)Nc1ccc(C(=O)N2CCCCC2)cc1. The fourth-order valence-electron chi connectivity index (χ4n) is 3.94. The Kier molecular flexibility index (Phi) is 5.76. The summed E-state index contributed by atoms with van der Waals surface area (Å²) >= 11 is 1.69. The zero-order valence-electron chi connectivity index (χ0n) is 16.9. The van der Waals surface area contributed by atoms with Gasteiger partial charge in [0.15, 0.2) is 0 Å². The van der Waals surface area contributed by atoms with Crippen molar-refractivity contribution in [3.05, 3.63) is 47.2 Å². The Balaban J connectivity index is 1.46. The summed E-state index contributed by atoms with van der Waals surface area (Å²) in [7, 11) is 0. The van der Waals surface area contributed by atoms with Crippen molar-refractivity contribution in [2.45, 2.75) is 38.1 Å². The van der Waals surface area contributed by atoms with Crippen LogP contribution in [0.1, 0.15) is 40.9 Å². The summed E-state index contributed by atoms with van der Waals surface area (Å²) in [5, 5.41) is 3.87. The van der Waals surface area contributed by atoms with Crippen LogP contribution in [0, 0.1) is 13.8 Å². The quantitative estimate of drug-likeness (QED) is 0.793. The van der Waals surface area contributed by atoms with Crippen LogP contribution in [0.2, 0.25) is 0 Å². The summed E-state index contributed by atoms with van der Waals surface area (Å²) in [4.78, 5) is 33.8. The molecule has 1 aromatic carbocycles. The lowest BCUT2D eigenvalue weighted by Crippen LogP contribution is -2.39. The number of thioether (sulfide) groups is 1. The van der Waals surface area contributed by atoms with Crippen LogP contribution >= 0.6 is 11.8 Å². The predicted octanol–water partition coefficient (Wildman–Crippen LogP) is 4.47. The number of hydrogen-bond acceptors (Lipinski definition) is 4. The molecule has 29 heavy (non-hydrogen) atoms. The standard InChI is InChI=1S/C22H26N4O2S/c1-15-14-16(2)23-20-19(15)26(12-13-29-20)22(28)24-18-8-6-17(7-9-18)21(27)25-10-4-3-5-11-25/h6-9,14H,3-5,10-13H2,1-2H3,(H,24,28). The Hall–Kier alpha value is -2.54. The maximum atomic E-state index is 12.9. The molecule has 0 unspecified atom stereocenters. The number of anilines is 2. The molecule has 152 valence electrons. The number of aromatic nitrogens is 1. The number of hydrogen-bond donors (Lipinski definition) is 1. The van der Waals surface area contributed by atoms with Gasteiger partial charge < -0.3 is 10.2 Å². The van der Waals surface area contributed by atoms with E-state index in [-0.39, 0.29) is 11.9 Å². The molecule has 0 bridgehead atoms. The van der Waals surface area contributed by atoms with Gasteiger partial charge in [0, 0.05) is 42.3 Å². The third kappa shape index (κ3) is 4.24. The van der Waals surface area contributed by atoms with E-state index < -0.39 is 0 Å². The molecule has 3 amide bonds. The monoisotopic (exact) mass is 410 g/mol.